The van der Waals surface area contributed by atoms with Crippen LogP contribution in [-0.2, 0) is 41.9 Å². The lowest BCUT2D eigenvalue weighted by atomic mass is 9.83. The number of thiocarbonyl (C=S) groups is 2. The molecule has 16 nitrogen and oxygen atoms in total. The Hall–Kier alpha value is -5.12. The van der Waals surface area contributed by atoms with Gasteiger partial charge in [0, 0.05) is 13.1 Å². The number of amides is 6. The molecule has 7 rings (SSSR count). The van der Waals surface area contributed by atoms with E-state index in [2.05, 4.69) is 42.5 Å². The molecule has 10 atom stereocenters. The Kier molecular flexibility index (Phi) is 18.9. The number of benzene rings is 3. The maximum Gasteiger partial charge on any atom is 0.247 e. The third-order valence-electron chi connectivity index (χ3n) is 14.7. The minimum atomic E-state index is -1.05. The first kappa shape index (κ1) is 56.6. The molecule has 20 heteroatoms. The number of hydrogen-bond acceptors (Lipinski definition) is 12. The number of rotatable bonds is 18. The smallest absolute Gasteiger partial charge is 0.247 e. The summed E-state index contributed by atoms with van der Waals surface area (Å²) in [5.41, 5.74) is 1.59. The molecule has 3 aromatic carbocycles. The summed E-state index contributed by atoms with van der Waals surface area (Å²) < 4.78 is 0. The highest BCUT2D eigenvalue weighted by atomic mass is 32.2. The van der Waals surface area contributed by atoms with Gasteiger partial charge in [-0.2, -0.15) is 0 Å². The van der Waals surface area contributed by atoms with Gasteiger partial charge in [-0.15, -0.1) is 23.5 Å². The van der Waals surface area contributed by atoms with E-state index in [1.807, 2.05) is 102 Å². The maximum atomic E-state index is 14.5. The average molecular weight is 1090 g/mol. The second-order valence-electron chi connectivity index (χ2n) is 21.0. The highest BCUT2D eigenvalue weighted by Gasteiger charge is 2.56. The molecule has 0 aromatic heterocycles. The molecule has 6 amide bonds. The highest BCUT2D eigenvalue weighted by molar-refractivity contribution is 8.00. The third-order valence-corrected chi connectivity index (χ3v) is 18.1. The van der Waals surface area contributed by atoms with Gasteiger partial charge in [-0.3, -0.25) is 28.8 Å². The Bertz CT molecular complexity index is 2370. The van der Waals surface area contributed by atoms with Crippen molar-refractivity contribution in [3.63, 3.8) is 0 Å². The molecule has 4 aliphatic rings. The zero-order valence-electron chi connectivity index (χ0n) is 43.5. The number of thioether (sulfide) groups is 2. The Balaban J connectivity index is 0.994. The average Bonchev–Trinajstić information content (AvgIpc) is 3.71. The topological polar surface area (TPSA) is 205 Å². The first-order chi connectivity index (χ1) is 35.2. The van der Waals surface area contributed by atoms with E-state index < -0.39 is 70.7 Å². The van der Waals surface area contributed by atoms with E-state index in [1.54, 1.807) is 71.7 Å². The fraction of sp³-hybridized carbons (Fsp3) is 0.519. The first-order valence-corrected chi connectivity index (χ1v) is 28.3. The largest absolute Gasteiger partial charge is 0.367 e. The Morgan fingerprint density at radius 3 is 1.28 bits per heavy atom. The van der Waals surface area contributed by atoms with Crippen molar-refractivity contribution in [2.24, 2.45) is 10.8 Å². The van der Waals surface area contributed by atoms with Gasteiger partial charge in [0.05, 0.1) is 32.8 Å². The Morgan fingerprint density at radius 1 is 0.595 bits per heavy atom. The normalized spacial score (nSPS) is 24.6. The molecule has 4 saturated heterocycles. The van der Waals surface area contributed by atoms with E-state index in [0.29, 0.717) is 46.8 Å². The van der Waals surface area contributed by atoms with Crippen LogP contribution in [0.1, 0.15) is 102 Å². The van der Waals surface area contributed by atoms with Gasteiger partial charge in [-0.05, 0) is 98.2 Å². The fourth-order valence-electron chi connectivity index (χ4n) is 10.3. The molecular formula is C54H72N10O6S4. The third kappa shape index (κ3) is 13.1. The predicted molar refractivity (Wildman–Crippen MR) is 301 cm³/mol. The van der Waals surface area contributed by atoms with Gasteiger partial charge >= 0.3 is 0 Å². The van der Waals surface area contributed by atoms with Crippen LogP contribution in [-0.4, -0.2) is 128 Å². The zero-order chi connectivity index (χ0) is 53.5. The fourth-order valence-corrected chi connectivity index (χ4v) is 13.9. The van der Waals surface area contributed by atoms with Crippen molar-refractivity contribution in [3.05, 3.63) is 107 Å². The van der Waals surface area contributed by atoms with Gasteiger partial charge < -0.3 is 52.3 Å². The van der Waals surface area contributed by atoms with Gasteiger partial charge in [0.15, 0.2) is 0 Å². The SMILES string of the molecule is CN[C@@H](C)C(=S)N[C@H]1CCS[C@H]2CC(C)(C)[C@@H](C(=O)N[C@H](C(=O)NCc3ccc(CNC(=O)[C@@H](NC(=O)[C@H]4N5C(=O)[C@@H](NC(=S)[C@H](C)NC)CCS[C@H]5CC4(C)C)c4ccccc4)cc3)c3ccccc3)N2C1=O. The molecule has 3 aromatic rings. The summed E-state index contributed by atoms with van der Waals surface area (Å²) >= 11 is 14.5. The lowest BCUT2D eigenvalue weighted by Gasteiger charge is -2.35. The lowest BCUT2D eigenvalue weighted by molar-refractivity contribution is -0.143. The molecule has 0 radical (unpaired) electrons. The van der Waals surface area contributed by atoms with Crippen LogP contribution in [0.4, 0.5) is 0 Å². The van der Waals surface area contributed by atoms with E-state index in [4.69, 9.17) is 24.4 Å². The van der Waals surface area contributed by atoms with E-state index in [9.17, 15) is 28.8 Å². The zero-order valence-corrected chi connectivity index (χ0v) is 46.8. The van der Waals surface area contributed by atoms with Crippen LogP contribution < -0.4 is 42.5 Å². The monoisotopic (exact) mass is 1080 g/mol. The predicted octanol–water partition coefficient (Wildman–Crippen LogP) is 4.60. The number of hydrogen-bond donors (Lipinski definition) is 8. The van der Waals surface area contributed by atoms with Crippen LogP contribution in [0.25, 0.3) is 0 Å². The summed E-state index contributed by atoms with van der Waals surface area (Å²) in [7, 11) is 3.61. The van der Waals surface area contributed by atoms with Crippen molar-refractivity contribution < 1.29 is 28.8 Å². The molecule has 0 saturated carbocycles. The van der Waals surface area contributed by atoms with Crippen molar-refractivity contribution in [2.75, 3.05) is 25.6 Å². The van der Waals surface area contributed by atoms with Crippen molar-refractivity contribution in [2.45, 2.75) is 139 Å². The van der Waals surface area contributed by atoms with E-state index in [0.717, 1.165) is 22.6 Å². The number of fused-ring (bicyclic) bond motifs is 2. The molecule has 4 fully saturated rings. The minimum Gasteiger partial charge on any atom is -0.367 e. The standard InChI is InChI=1S/C54H72N10O6S4/c1-31(55-7)49(71)59-37-23-25-73-39-27-53(3,4)43(63(39)51(37)69)47(67)61-41(35-15-11-9-12-16-35)45(65)57-29-33-19-21-34(22-20-33)30-58-46(66)42(36-17-13-10-14-18-36)62-48(68)44-54(5,6)28-40-64(44)52(70)38(24-26-74-40)60-50(72)32(2)56-8/h9-22,31-32,37-44,55-56H,23-30H2,1-8H3,(H,57,65)(H,58,66)(H,59,71)(H,60,72)(H,61,67)(H,62,68)/t31-,32-,37-,38-,39-,40-,41-,42-,43+,44+/m0/s1. The molecule has 0 unspecified atom stereocenters. The van der Waals surface area contributed by atoms with Gasteiger partial charge in [0.1, 0.15) is 36.3 Å². The quantitative estimate of drug-likeness (QED) is 0.0821. The highest BCUT2D eigenvalue weighted by Crippen LogP contribution is 2.48. The molecule has 0 bridgehead atoms. The number of nitrogens with zero attached hydrogens (tertiary/aromatic N) is 2. The van der Waals surface area contributed by atoms with Crippen LogP contribution in [0, 0.1) is 10.8 Å². The lowest BCUT2D eigenvalue weighted by Crippen LogP contribution is -2.58. The van der Waals surface area contributed by atoms with Crippen LogP contribution in [0.15, 0.2) is 84.9 Å². The molecule has 8 N–H and O–H groups in total. The molecule has 4 aliphatic heterocycles. The van der Waals surface area contributed by atoms with Gasteiger partial charge in [0.2, 0.25) is 35.4 Å². The second-order valence-corrected chi connectivity index (χ2v) is 24.5. The summed E-state index contributed by atoms with van der Waals surface area (Å²) in [5.74, 6) is -0.569. The first-order valence-electron chi connectivity index (χ1n) is 25.4. The van der Waals surface area contributed by atoms with Crippen LogP contribution in [0.5, 0.6) is 0 Å². The van der Waals surface area contributed by atoms with Gasteiger partial charge in [0.25, 0.3) is 0 Å². The van der Waals surface area contributed by atoms with Crippen LogP contribution >= 0.6 is 48.0 Å². The second kappa shape index (κ2) is 24.7. The summed E-state index contributed by atoms with van der Waals surface area (Å²) in [5, 5.41) is 24.4. The minimum absolute atomic E-state index is 0.134. The van der Waals surface area contributed by atoms with E-state index in [1.165, 1.54) is 0 Å². The number of nitrogens with one attached hydrogen (secondary N) is 8. The van der Waals surface area contributed by atoms with E-state index >= 15 is 0 Å². The van der Waals surface area contributed by atoms with Crippen molar-refractivity contribution in [1.82, 2.24) is 52.3 Å². The Morgan fingerprint density at radius 2 is 0.946 bits per heavy atom. The summed E-state index contributed by atoms with van der Waals surface area (Å²) in [6, 6.07) is 20.3. The number of carbonyl (C=O) groups excluding carboxylic acids is 6. The molecule has 398 valence electrons. The van der Waals surface area contributed by atoms with Gasteiger partial charge in [-0.25, -0.2) is 0 Å². The maximum absolute atomic E-state index is 14.5. The molecular weight excluding hydrogens is 1010 g/mol. The number of likely N-dealkylation sites (N-methyl/N-ethyl adjacent to an activating group) is 2. The van der Waals surface area contributed by atoms with Crippen LogP contribution in [0.2, 0.25) is 0 Å². The molecule has 0 spiro atoms. The van der Waals surface area contributed by atoms with Crippen molar-refractivity contribution in [3.8, 4) is 0 Å². The number of carbonyl (C=O) groups is 6. The van der Waals surface area contributed by atoms with Crippen molar-refractivity contribution >= 4 is 93.4 Å². The molecule has 74 heavy (non-hydrogen) atoms. The summed E-state index contributed by atoms with van der Waals surface area (Å²) in [6.45, 7) is 12.1. The summed E-state index contributed by atoms with van der Waals surface area (Å²) in [6.07, 6.45) is 2.37. The Labute approximate surface area is 455 Å². The van der Waals surface area contributed by atoms with Gasteiger partial charge in [-0.1, -0.05) is 137 Å². The summed E-state index contributed by atoms with van der Waals surface area (Å²) in [4.78, 5) is 90.4. The molecule has 0 aliphatic carbocycles. The van der Waals surface area contributed by atoms with Crippen molar-refractivity contribution in [1.29, 1.82) is 0 Å². The molecule has 4 heterocycles. The van der Waals surface area contributed by atoms with Crippen LogP contribution in [0.3, 0.4) is 0 Å². The van der Waals surface area contributed by atoms with E-state index in [-0.39, 0.29) is 47.7 Å².